The second kappa shape index (κ2) is 8.11. The van der Waals surface area contributed by atoms with Crippen LogP contribution in [-0.2, 0) is 17.3 Å². The third-order valence-electron chi connectivity index (χ3n) is 3.03. The molecule has 5 nitrogen and oxygen atoms in total. The molecule has 0 amide bonds. The molecule has 0 aromatic heterocycles. The van der Waals surface area contributed by atoms with Gasteiger partial charge in [-0.3, -0.25) is 4.21 Å². The Morgan fingerprint density at radius 3 is 2.30 bits per heavy atom. The maximum atomic E-state index is 11.0. The SMILES string of the molecule is COc1cc(CNC(C)CCS(C)=O)cc(OC)c1O. The highest BCUT2D eigenvalue weighted by molar-refractivity contribution is 7.84. The van der Waals surface area contributed by atoms with Gasteiger partial charge in [0.1, 0.15) is 0 Å². The lowest BCUT2D eigenvalue weighted by molar-refractivity contribution is 0.338. The van der Waals surface area contributed by atoms with E-state index in [1.807, 2.05) is 0 Å². The molecular weight excluding hydrogens is 278 g/mol. The highest BCUT2D eigenvalue weighted by atomic mass is 32.2. The lowest BCUT2D eigenvalue weighted by Crippen LogP contribution is -2.27. The molecule has 114 valence electrons. The van der Waals surface area contributed by atoms with Gasteiger partial charge in [0.05, 0.1) is 14.2 Å². The van der Waals surface area contributed by atoms with Gasteiger partial charge in [-0.15, -0.1) is 0 Å². The minimum absolute atomic E-state index is 0.00757. The molecule has 0 radical (unpaired) electrons. The molecule has 0 saturated heterocycles. The third-order valence-corrected chi connectivity index (χ3v) is 3.84. The van der Waals surface area contributed by atoms with Gasteiger partial charge >= 0.3 is 0 Å². The average Bonchev–Trinajstić information content (AvgIpc) is 2.43. The highest BCUT2D eigenvalue weighted by Gasteiger charge is 2.11. The first-order chi connectivity index (χ1) is 9.47. The van der Waals surface area contributed by atoms with E-state index in [0.29, 0.717) is 23.8 Å². The quantitative estimate of drug-likeness (QED) is 0.764. The number of benzene rings is 1. The van der Waals surface area contributed by atoms with Crippen LogP contribution in [0, 0.1) is 0 Å². The fraction of sp³-hybridized carbons (Fsp3) is 0.571. The van der Waals surface area contributed by atoms with Gasteiger partial charge in [-0.05, 0) is 31.0 Å². The van der Waals surface area contributed by atoms with E-state index in [4.69, 9.17) is 9.47 Å². The first-order valence-electron chi connectivity index (χ1n) is 6.45. The first-order valence-corrected chi connectivity index (χ1v) is 8.18. The van der Waals surface area contributed by atoms with E-state index >= 15 is 0 Å². The molecule has 0 fully saturated rings. The average molecular weight is 301 g/mol. The van der Waals surface area contributed by atoms with Crippen LogP contribution in [0.1, 0.15) is 18.9 Å². The Labute approximate surface area is 122 Å². The maximum absolute atomic E-state index is 11.0. The fourth-order valence-electron chi connectivity index (χ4n) is 1.79. The fourth-order valence-corrected chi connectivity index (χ4v) is 2.47. The molecule has 1 aromatic rings. The first kappa shape index (κ1) is 16.8. The summed E-state index contributed by atoms with van der Waals surface area (Å²) in [6, 6.07) is 3.81. The van der Waals surface area contributed by atoms with Gasteiger partial charge in [0.15, 0.2) is 11.5 Å². The molecule has 0 heterocycles. The van der Waals surface area contributed by atoms with Crippen molar-refractivity contribution >= 4 is 10.8 Å². The maximum Gasteiger partial charge on any atom is 0.200 e. The Balaban J connectivity index is 2.66. The summed E-state index contributed by atoms with van der Waals surface area (Å²) in [6.45, 7) is 2.69. The summed E-state index contributed by atoms with van der Waals surface area (Å²) in [4.78, 5) is 0. The van der Waals surface area contributed by atoms with E-state index in [0.717, 1.165) is 12.0 Å². The second-order valence-corrected chi connectivity index (χ2v) is 6.25. The van der Waals surface area contributed by atoms with Crippen LogP contribution in [0.2, 0.25) is 0 Å². The van der Waals surface area contributed by atoms with E-state index in [1.165, 1.54) is 14.2 Å². The molecule has 2 unspecified atom stereocenters. The van der Waals surface area contributed by atoms with Gasteiger partial charge in [0.2, 0.25) is 5.75 Å². The zero-order valence-electron chi connectivity index (χ0n) is 12.4. The molecule has 1 rings (SSSR count). The molecule has 0 aliphatic heterocycles. The Morgan fingerprint density at radius 2 is 1.85 bits per heavy atom. The molecule has 1 aromatic carbocycles. The summed E-state index contributed by atoms with van der Waals surface area (Å²) < 4.78 is 21.3. The third kappa shape index (κ3) is 5.02. The number of nitrogens with one attached hydrogen (secondary N) is 1. The van der Waals surface area contributed by atoms with E-state index in [-0.39, 0.29) is 11.8 Å². The summed E-state index contributed by atoms with van der Waals surface area (Å²) >= 11 is 0. The molecule has 2 atom stereocenters. The number of ether oxygens (including phenoxy) is 2. The molecule has 0 saturated carbocycles. The number of methoxy groups -OCH3 is 2. The van der Waals surface area contributed by atoms with Gasteiger partial charge < -0.3 is 19.9 Å². The van der Waals surface area contributed by atoms with Crippen molar-refractivity contribution in [2.24, 2.45) is 0 Å². The van der Waals surface area contributed by atoms with E-state index in [9.17, 15) is 9.32 Å². The van der Waals surface area contributed by atoms with Gasteiger partial charge in [-0.2, -0.15) is 0 Å². The molecule has 0 bridgehead atoms. The topological polar surface area (TPSA) is 67.8 Å². The van der Waals surface area contributed by atoms with Crippen molar-refractivity contribution in [1.82, 2.24) is 5.32 Å². The minimum atomic E-state index is -0.761. The van der Waals surface area contributed by atoms with Crippen LogP contribution < -0.4 is 14.8 Å². The van der Waals surface area contributed by atoms with Gasteiger partial charge in [-0.25, -0.2) is 0 Å². The Morgan fingerprint density at radius 1 is 1.30 bits per heavy atom. The minimum Gasteiger partial charge on any atom is -0.502 e. The number of hydrogen-bond donors (Lipinski definition) is 2. The van der Waals surface area contributed by atoms with Crippen LogP contribution in [0.4, 0.5) is 0 Å². The number of phenolic OH excluding ortho intramolecular Hbond substituents is 1. The molecule has 0 spiro atoms. The molecule has 0 aliphatic carbocycles. The van der Waals surface area contributed by atoms with E-state index in [2.05, 4.69) is 12.2 Å². The second-order valence-electron chi connectivity index (χ2n) is 4.70. The van der Waals surface area contributed by atoms with Crippen LogP contribution in [0.5, 0.6) is 17.2 Å². The molecule has 2 N–H and O–H groups in total. The zero-order valence-corrected chi connectivity index (χ0v) is 13.3. The Hall–Kier alpha value is -1.27. The van der Waals surface area contributed by atoms with Crippen molar-refractivity contribution in [3.05, 3.63) is 17.7 Å². The summed E-state index contributed by atoms with van der Waals surface area (Å²) in [6.07, 6.45) is 2.57. The lowest BCUT2D eigenvalue weighted by atomic mass is 10.1. The smallest absolute Gasteiger partial charge is 0.200 e. The van der Waals surface area contributed by atoms with Crippen molar-refractivity contribution in [1.29, 1.82) is 0 Å². The number of aromatic hydroxyl groups is 1. The van der Waals surface area contributed by atoms with Crippen molar-refractivity contribution in [2.45, 2.75) is 25.9 Å². The molecular formula is C14H23NO4S. The van der Waals surface area contributed by atoms with Crippen LogP contribution in [0.25, 0.3) is 0 Å². The monoisotopic (exact) mass is 301 g/mol. The molecule has 20 heavy (non-hydrogen) atoms. The lowest BCUT2D eigenvalue weighted by Gasteiger charge is -2.15. The van der Waals surface area contributed by atoms with Crippen LogP contribution in [0.3, 0.4) is 0 Å². The predicted molar refractivity (Wildman–Crippen MR) is 81.1 cm³/mol. The van der Waals surface area contributed by atoms with Gasteiger partial charge in [-0.1, -0.05) is 0 Å². The van der Waals surface area contributed by atoms with E-state index < -0.39 is 10.8 Å². The van der Waals surface area contributed by atoms with Crippen molar-refractivity contribution in [2.75, 3.05) is 26.2 Å². The van der Waals surface area contributed by atoms with Crippen molar-refractivity contribution in [3.8, 4) is 17.2 Å². The van der Waals surface area contributed by atoms with Crippen molar-refractivity contribution < 1.29 is 18.8 Å². The van der Waals surface area contributed by atoms with Crippen LogP contribution >= 0.6 is 0 Å². The van der Waals surface area contributed by atoms with Gasteiger partial charge in [0.25, 0.3) is 0 Å². The van der Waals surface area contributed by atoms with E-state index in [1.54, 1.807) is 18.4 Å². The zero-order chi connectivity index (χ0) is 15.1. The largest absolute Gasteiger partial charge is 0.502 e. The Bertz CT molecular complexity index is 439. The van der Waals surface area contributed by atoms with Crippen molar-refractivity contribution in [3.63, 3.8) is 0 Å². The molecule has 0 aliphatic rings. The summed E-state index contributed by atoms with van der Waals surface area (Å²) in [5.74, 6) is 1.48. The predicted octanol–water partition coefficient (Wildman–Crippen LogP) is 1.66. The summed E-state index contributed by atoms with van der Waals surface area (Å²) in [5, 5.41) is 13.2. The summed E-state index contributed by atoms with van der Waals surface area (Å²) in [7, 11) is 2.25. The summed E-state index contributed by atoms with van der Waals surface area (Å²) in [5.41, 5.74) is 0.959. The number of phenols is 1. The standard InChI is InChI=1S/C14H23NO4S/c1-10(5-6-20(4)17)15-9-11-7-12(18-2)14(16)13(8-11)19-3/h7-8,10,15-16H,5-6,9H2,1-4H3. The number of rotatable bonds is 8. The normalized spacial score (nSPS) is 13.8. The van der Waals surface area contributed by atoms with Gasteiger partial charge in [0, 0.05) is 35.4 Å². The Kier molecular flexibility index (Phi) is 6.81. The van der Waals surface area contributed by atoms with Crippen LogP contribution in [0.15, 0.2) is 12.1 Å². The molecule has 6 heteroatoms. The van der Waals surface area contributed by atoms with Crippen LogP contribution in [-0.4, -0.2) is 41.6 Å². The number of hydrogen-bond acceptors (Lipinski definition) is 5. The highest BCUT2D eigenvalue weighted by Crippen LogP contribution is 2.37.